The first kappa shape index (κ1) is 20.6. The average molecular weight is 389 g/mol. The highest BCUT2D eigenvalue weighted by Crippen LogP contribution is 2.12. The van der Waals surface area contributed by atoms with E-state index in [-0.39, 0.29) is 35.5 Å². The summed E-state index contributed by atoms with van der Waals surface area (Å²) in [5.41, 5.74) is 0.774. The summed E-state index contributed by atoms with van der Waals surface area (Å²) in [5.74, 6) is -0.636. The molecule has 3 N–H and O–H groups in total. The SMILES string of the molecule is CC(C)NS(=O)(=O)c1cccc(C(=O)NCCNC(=O)c2ccccc2)c1. The van der Waals surface area contributed by atoms with Gasteiger partial charge in [0.25, 0.3) is 11.8 Å². The lowest BCUT2D eigenvalue weighted by Gasteiger charge is -2.11. The van der Waals surface area contributed by atoms with Gasteiger partial charge in [0.2, 0.25) is 10.0 Å². The first-order valence-corrected chi connectivity index (χ1v) is 10.0. The molecule has 0 saturated heterocycles. The normalized spacial score (nSPS) is 11.2. The maximum absolute atomic E-state index is 12.2. The van der Waals surface area contributed by atoms with E-state index in [1.54, 1.807) is 38.1 Å². The second-order valence-corrected chi connectivity index (χ2v) is 7.90. The number of sulfonamides is 1. The Morgan fingerprint density at radius 1 is 0.852 bits per heavy atom. The molecule has 0 atom stereocenters. The van der Waals surface area contributed by atoms with Crippen molar-refractivity contribution in [1.82, 2.24) is 15.4 Å². The zero-order chi connectivity index (χ0) is 19.9. The average Bonchev–Trinajstić information content (AvgIpc) is 2.64. The van der Waals surface area contributed by atoms with E-state index in [0.717, 1.165) is 0 Å². The quantitative estimate of drug-likeness (QED) is 0.596. The topological polar surface area (TPSA) is 104 Å². The van der Waals surface area contributed by atoms with Gasteiger partial charge >= 0.3 is 0 Å². The number of nitrogens with one attached hydrogen (secondary N) is 3. The van der Waals surface area contributed by atoms with E-state index >= 15 is 0 Å². The van der Waals surface area contributed by atoms with Gasteiger partial charge in [-0.05, 0) is 44.2 Å². The van der Waals surface area contributed by atoms with Crippen molar-refractivity contribution in [1.29, 1.82) is 0 Å². The predicted molar refractivity (Wildman–Crippen MR) is 103 cm³/mol. The smallest absolute Gasteiger partial charge is 0.251 e. The summed E-state index contributed by atoms with van der Waals surface area (Å²) >= 11 is 0. The Morgan fingerprint density at radius 3 is 2.00 bits per heavy atom. The molecule has 0 aliphatic rings. The van der Waals surface area contributed by atoms with Crippen molar-refractivity contribution in [3.8, 4) is 0 Å². The van der Waals surface area contributed by atoms with Crippen molar-refractivity contribution >= 4 is 21.8 Å². The first-order chi connectivity index (χ1) is 12.8. The van der Waals surface area contributed by atoms with Crippen LogP contribution in [0.1, 0.15) is 34.6 Å². The van der Waals surface area contributed by atoms with Crippen LogP contribution in [0.3, 0.4) is 0 Å². The van der Waals surface area contributed by atoms with E-state index in [2.05, 4.69) is 15.4 Å². The number of benzene rings is 2. The highest BCUT2D eigenvalue weighted by molar-refractivity contribution is 7.89. The number of amides is 2. The molecule has 2 aromatic carbocycles. The molecule has 0 aliphatic heterocycles. The van der Waals surface area contributed by atoms with Crippen LogP contribution in [0, 0.1) is 0 Å². The minimum absolute atomic E-state index is 0.0289. The van der Waals surface area contributed by atoms with Crippen LogP contribution in [0.25, 0.3) is 0 Å². The van der Waals surface area contributed by atoms with Crippen molar-refractivity contribution in [2.24, 2.45) is 0 Å². The van der Waals surface area contributed by atoms with Gasteiger partial charge < -0.3 is 10.6 Å². The first-order valence-electron chi connectivity index (χ1n) is 8.53. The largest absolute Gasteiger partial charge is 0.350 e. The number of rotatable bonds is 8. The molecule has 0 radical (unpaired) electrons. The second-order valence-electron chi connectivity index (χ2n) is 6.18. The van der Waals surface area contributed by atoms with Crippen molar-refractivity contribution < 1.29 is 18.0 Å². The van der Waals surface area contributed by atoms with Gasteiger partial charge in [0.05, 0.1) is 4.90 Å². The van der Waals surface area contributed by atoms with Crippen molar-refractivity contribution in [3.05, 3.63) is 65.7 Å². The highest BCUT2D eigenvalue weighted by atomic mass is 32.2. The molecular weight excluding hydrogens is 366 g/mol. The number of hydrogen-bond acceptors (Lipinski definition) is 4. The van der Waals surface area contributed by atoms with Crippen LogP contribution in [0.2, 0.25) is 0 Å². The Labute approximate surface area is 159 Å². The molecule has 7 nitrogen and oxygen atoms in total. The van der Waals surface area contributed by atoms with Crippen LogP contribution in [-0.4, -0.2) is 39.4 Å². The number of carbonyl (C=O) groups excluding carboxylic acids is 2. The molecule has 144 valence electrons. The Kier molecular flexibility index (Phi) is 7.09. The summed E-state index contributed by atoms with van der Waals surface area (Å²) in [4.78, 5) is 24.2. The molecule has 0 fully saturated rings. The third-order valence-corrected chi connectivity index (χ3v) is 5.19. The van der Waals surface area contributed by atoms with Gasteiger partial charge in [0, 0.05) is 30.3 Å². The van der Waals surface area contributed by atoms with E-state index in [4.69, 9.17) is 0 Å². The van der Waals surface area contributed by atoms with Gasteiger partial charge in [0.1, 0.15) is 0 Å². The minimum atomic E-state index is -3.67. The Hall–Kier alpha value is -2.71. The molecular formula is C19H23N3O4S. The summed E-state index contributed by atoms with van der Waals surface area (Å²) in [5, 5.41) is 5.36. The molecule has 0 aliphatic carbocycles. The van der Waals surface area contributed by atoms with Gasteiger partial charge in [0.15, 0.2) is 0 Å². The van der Waals surface area contributed by atoms with Gasteiger partial charge in [-0.15, -0.1) is 0 Å². The van der Waals surface area contributed by atoms with Crippen LogP contribution < -0.4 is 15.4 Å². The standard InChI is InChI=1S/C19H23N3O4S/c1-14(2)22-27(25,26)17-10-6-9-16(13-17)19(24)21-12-11-20-18(23)15-7-4-3-5-8-15/h3-10,13-14,22H,11-12H2,1-2H3,(H,20,23)(H,21,24). The lowest BCUT2D eigenvalue weighted by atomic mass is 10.2. The van der Waals surface area contributed by atoms with Crippen molar-refractivity contribution in [2.75, 3.05) is 13.1 Å². The molecule has 0 aromatic heterocycles. The molecule has 0 saturated carbocycles. The van der Waals surface area contributed by atoms with E-state index in [9.17, 15) is 18.0 Å². The highest BCUT2D eigenvalue weighted by Gasteiger charge is 2.17. The van der Waals surface area contributed by atoms with Crippen LogP contribution in [-0.2, 0) is 10.0 Å². The van der Waals surface area contributed by atoms with E-state index in [0.29, 0.717) is 5.56 Å². The van der Waals surface area contributed by atoms with E-state index in [1.165, 1.54) is 24.3 Å². The fourth-order valence-corrected chi connectivity index (χ4v) is 3.63. The molecule has 2 amide bonds. The Bertz CT molecular complexity index is 896. The summed E-state index contributed by atoms with van der Waals surface area (Å²) in [6.45, 7) is 3.92. The molecule has 2 rings (SSSR count). The maximum atomic E-state index is 12.2. The Morgan fingerprint density at radius 2 is 1.41 bits per heavy atom. The van der Waals surface area contributed by atoms with E-state index < -0.39 is 15.9 Å². The molecule has 0 spiro atoms. The zero-order valence-corrected chi connectivity index (χ0v) is 16.0. The lowest BCUT2D eigenvalue weighted by Crippen LogP contribution is -2.35. The van der Waals surface area contributed by atoms with Gasteiger partial charge in [-0.25, -0.2) is 13.1 Å². The monoisotopic (exact) mass is 389 g/mol. The van der Waals surface area contributed by atoms with Gasteiger partial charge in [-0.2, -0.15) is 0 Å². The van der Waals surface area contributed by atoms with Crippen LogP contribution in [0.4, 0.5) is 0 Å². The zero-order valence-electron chi connectivity index (χ0n) is 15.2. The third-order valence-electron chi connectivity index (χ3n) is 3.53. The summed E-state index contributed by atoms with van der Waals surface area (Å²) in [6, 6.07) is 14.3. The Balaban J connectivity index is 1.89. The molecule has 0 heterocycles. The summed E-state index contributed by atoms with van der Waals surface area (Å²) < 4.78 is 26.9. The summed E-state index contributed by atoms with van der Waals surface area (Å²) in [7, 11) is -3.67. The third kappa shape index (κ3) is 6.19. The second kappa shape index (κ2) is 9.29. The minimum Gasteiger partial charge on any atom is -0.350 e. The molecule has 8 heteroatoms. The van der Waals surface area contributed by atoms with Crippen LogP contribution in [0.15, 0.2) is 59.5 Å². The number of hydrogen-bond donors (Lipinski definition) is 3. The molecule has 0 bridgehead atoms. The molecule has 27 heavy (non-hydrogen) atoms. The van der Waals surface area contributed by atoms with E-state index in [1.807, 2.05) is 6.07 Å². The van der Waals surface area contributed by atoms with Crippen molar-refractivity contribution in [3.63, 3.8) is 0 Å². The maximum Gasteiger partial charge on any atom is 0.251 e. The molecule has 0 unspecified atom stereocenters. The molecule has 2 aromatic rings. The number of carbonyl (C=O) groups is 2. The van der Waals surface area contributed by atoms with Crippen LogP contribution in [0.5, 0.6) is 0 Å². The van der Waals surface area contributed by atoms with Gasteiger partial charge in [-0.3, -0.25) is 9.59 Å². The predicted octanol–water partition coefficient (Wildman–Crippen LogP) is 1.53. The fraction of sp³-hybridized carbons (Fsp3) is 0.263. The van der Waals surface area contributed by atoms with Crippen LogP contribution >= 0.6 is 0 Å². The van der Waals surface area contributed by atoms with Crippen molar-refractivity contribution in [2.45, 2.75) is 24.8 Å². The lowest BCUT2D eigenvalue weighted by molar-refractivity contribution is 0.0927. The van der Waals surface area contributed by atoms with Gasteiger partial charge in [-0.1, -0.05) is 24.3 Å². The fourth-order valence-electron chi connectivity index (χ4n) is 2.33. The summed E-state index contributed by atoms with van der Waals surface area (Å²) in [6.07, 6.45) is 0.